The molecule has 0 unspecified atom stereocenters. The van der Waals surface area contributed by atoms with Gasteiger partial charge < -0.3 is 9.64 Å². The van der Waals surface area contributed by atoms with Gasteiger partial charge in [0, 0.05) is 18.6 Å². The van der Waals surface area contributed by atoms with Crippen molar-refractivity contribution in [3.8, 4) is 5.75 Å². The van der Waals surface area contributed by atoms with Crippen LogP contribution in [-0.4, -0.2) is 24.0 Å². The van der Waals surface area contributed by atoms with Crippen molar-refractivity contribution in [2.75, 3.05) is 7.05 Å². The monoisotopic (exact) mass is 317 g/mol. The molecular formula is C18H20ClNO2. The number of nitrogens with zero attached hydrogens (tertiary/aromatic N) is 1. The molecule has 1 amide bonds. The summed E-state index contributed by atoms with van der Waals surface area (Å²) < 4.78 is 5.79. The Morgan fingerprint density at radius 3 is 2.55 bits per heavy atom. The molecule has 0 saturated carbocycles. The lowest BCUT2D eigenvalue weighted by Crippen LogP contribution is -2.39. The molecule has 0 bridgehead atoms. The van der Waals surface area contributed by atoms with E-state index in [-0.39, 0.29) is 5.91 Å². The molecule has 116 valence electrons. The van der Waals surface area contributed by atoms with E-state index in [0.29, 0.717) is 23.7 Å². The standard InChI is InChI=1S/C18H20ClNO2/c1-3-17(22-16-11-7-10-15(19)12-16)18(21)20(2)13-14-8-5-4-6-9-14/h4-12,17H,3,13H2,1-2H3/t17-/m0/s1. The first kappa shape index (κ1) is 16.4. The highest BCUT2D eigenvalue weighted by Crippen LogP contribution is 2.20. The SMILES string of the molecule is CC[C@H](Oc1cccc(Cl)c1)C(=O)N(C)Cc1ccccc1. The predicted octanol–water partition coefficient (Wildman–Crippen LogP) is 4.16. The third kappa shape index (κ3) is 4.50. The van der Waals surface area contributed by atoms with Crippen LogP contribution in [0, 0.1) is 0 Å². The maximum atomic E-state index is 12.5. The number of benzene rings is 2. The Morgan fingerprint density at radius 1 is 1.18 bits per heavy atom. The maximum Gasteiger partial charge on any atom is 0.263 e. The van der Waals surface area contributed by atoms with E-state index in [0.717, 1.165) is 5.56 Å². The number of carbonyl (C=O) groups is 1. The molecule has 0 spiro atoms. The zero-order valence-electron chi connectivity index (χ0n) is 12.8. The highest BCUT2D eigenvalue weighted by molar-refractivity contribution is 6.30. The molecule has 0 aromatic heterocycles. The molecule has 0 radical (unpaired) electrons. The number of carbonyl (C=O) groups excluding carboxylic acids is 1. The van der Waals surface area contributed by atoms with Crippen LogP contribution in [0.15, 0.2) is 54.6 Å². The lowest BCUT2D eigenvalue weighted by Gasteiger charge is -2.24. The van der Waals surface area contributed by atoms with Crippen LogP contribution in [0.2, 0.25) is 5.02 Å². The third-order valence-electron chi connectivity index (χ3n) is 3.36. The summed E-state index contributed by atoms with van der Waals surface area (Å²) in [4.78, 5) is 14.2. The van der Waals surface area contributed by atoms with Gasteiger partial charge in [-0.05, 0) is 30.2 Å². The Kier molecular flexibility index (Phi) is 5.84. The van der Waals surface area contributed by atoms with Crippen molar-refractivity contribution < 1.29 is 9.53 Å². The molecule has 0 heterocycles. The summed E-state index contributed by atoms with van der Waals surface area (Å²) in [7, 11) is 1.79. The van der Waals surface area contributed by atoms with Gasteiger partial charge in [0.2, 0.25) is 0 Å². The second-order valence-electron chi connectivity index (χ2n) is 5.15. The number of likely N-dealkylation sites (N-methyl/N-ethyl adjacent to an activating group) is 1. The van der Waals surface area contributed by atoms with E-state index in [1.165, 1.54) is 0 Å². The first-order valence-corrected chi connectivity index (χ1v) is 7.69. The van der Waals surface area contributed by atoms with Gasteiger partial charge in [-0.3, -0.25) is 4.79 Å². The highest BCUT2D eigenvalue weighted by Gasteiger charge is 2.22. The fourth-order valence-electron chi connectivity index (χ4n) is 2.19. The second-order valence-corrected chi connectivity index (χ2v) is 5.59. The number of halogens is 1. The van der Waals surface area contributed by atoms with Gasteiger partial charge >= 0.3 is 0 Å². The smallest absolute Gasteiger partial charge is 0.263 e. The molecule has 4 heteroatoms. The molecule has 0 fully saturated rings. The van der Waals surface area contributed by atoms with Crippen molar-refractivity contribution in [3.05, 3.63) is 65.2 Å². The Labute approximate surface area is 136 Å². The van der Waals surface area contributed by atoms with Crippen LogP contribution < -0.4 is 4.74 Å². The van der Waals surface area contributed by atoms with Gasteiger partial charge in [0.1, 0.15) is 5.75 Å². The van der Waals surface area contributed by atoms with Gasteiger partial charge in [-0.1, -0.05) is 54.9 Å². The molecule has 0 aliphatic heterocycles. The average molecular weight is 318 g/mol. The molecule has 0 aliphatic carbocycles. The number of amides is 1. The Hall–Kier alpha value is -2.00. The summed E-state index contributed by atoms with van der Waals surface area (Å²) in [6.07, 6.45) is 0.0944. The largest absolute Gasteiger partial charge is 0.481 e. The quantitative estimate of drug-likeness (QED) is 0.800. The first-order chi connectivity index (χ1) is 10.6. The Balaban J connectivity index is 2.01. The van der Waals surface area contributed by atoms with Crippen LogP contribution in [0.1, 0.15) is 18.9 Å². The van der Waals surface area contributed by atoms with Crippen molar-refractivity contribution >= 4 is 17.5 Å². The zero-order chi connectivity index (χ0) is 15.9. The molecule has 3 nitrogen and oxygen atoms in total. The summed E-state index contributed by atoms with van der Waals surface area (Å²) >= 11 is 5.95. The van der Waals surface area contributed by atoms with Gasteiger partial charge in [0.15, 0.2) is 6.10 Å². The van der Waals surface area contributed by atoms with Crippen molar-refractivity contribution in [1.82, 2.24) is 4.90 Å². The molecule has 2 aromatic carbocycles. The van der Waals surface area contributed by atoms with E-state index >= 15 is 0 Å². The summed E-state index contributed by atoms with van der Waals surface area (Å²) in [5, 5.41) is 0.595. The minimum atomic E-state index is -0.507. The first-order valence-electron chi connectivity index (χ1n) is 7.31. The molecule has 0 N–H and O–H groups in total. The van der Waals surface area contributed by atoms with Crippen LogP contribution in [0.25, 0.3) is 0 Å². The summed E-state index contributed by atoms with van der Waals surface area (Å²) in [5.41, 5.74) is 1.09. The molecule has 0 saturated heterocycles. The molecule has 2 aromatic rings. The summed E-state index contributed by atoms with van der Waals surface area (Å²) in [6.45, 7) is 2.50. The molecule has 1 atom stereocenters. The highest BCUT2D eigenvalue weighted by atomic mass is 35.5. The van der Waals surface area contributed by atoms with E-state index in [2.05, 4.69) is 0 Å². The summed E-state index contributed by atoms with van der Waals surface area (Å²) in [5.74, 6) is 0.576. The minimum Gasteiger partial charge on any atom is -0.481 e. The van der Waals surface area contributed by atoms with E-state index in [4.69, 9.17) is 16.3 Å². The van der Waals surface area contributed by atoms with Gasteiger partial charge in [-0.15, -0.1) is 0 Å². The van der Waals surface area contributed by atoms with Crippen LogP contribution in [-0.2, 0) is 11.3 Å². The maximum absolute atomic E-state index is 12.5. The van der Waals surface area contributed by atoms with Crippen LogP contribution in [0.5, 0.6) is 5.75 Å². The van der Waals surface area contributed by atoms with Crippen molar-refractivity contribution in [2.24, 2.45) is 0 Å². The van der Waals surface area contributed by atoms with Crippen molar-refractivity contribution in [2.45, 2.75) is 26.0 Å². The molecule has 22 heavy (non-hydrogen) atoms. The number of hydrogen-bond acceptors (Lipinski definition) is 2. The fraction of sp³-hybridized carbons (Fsp3) is 0.278. The van der Waals surface area contributed by atoms with E-state index in [1.807, 2.05) is 43.3 Å². The molecule has 2 rings (SSSR count). The van der Waals surface area contributed by atoms with Crippen LogP contribution in [0.3, 0.4) is 0 Å². The van der Waals surface area contributed by atoms with Gasteiger partial charge in [-0.2, -0.15) is 0 Å². The normalized spacial score (nSPS) is 11.8. The molecule has 0 aliphatic rings. The van der Waals surface area contributed by atoms with E-state index in [1.54, 1.807) is 30.1 Å². The number of ether oxygens (including phenoxy) is 1. The van der Waals surface area contributed by atoms with Crippen LogP contribution >= 0.6 is 11.6 Å². The number of rotatable bonds is 6. The van der Waals surface area contributed by atoms with Crippen LogP contribution in [0.4, 0.5) is 0 Å². The topological polar surface area (TPSA) is 29.5 Å². The van der Waals surface area contributed by atoms with Gasteiger partial charge in [-0.25, -0.2) is 0 Å². The van der Waals surface area contributed by atoms with Gasteiger partial charge in [0.05, 0.1) is 0 Å². The van der Waals surface area contributed by atoms with E-state index < -0.39 is 6.10 Å². The Morgan fingerprint density at radius 2 is 1.91 bits per heavy atom. The van der Waals surface area contributed by atoms with Crippen molar-refractivity contribution in [3.63, 3.8) is 0 Å². The molecular weight excluding hydrogens is 298 g/mol. The van der Waals surface area contributed by atoms with E-state index in [9.17, 15) is 4.79 Å². The lowest BCUT2D eigenvalue weighted by molar-refractivity contribution is -0.138. The predicted molar refractivity (Wildman–Crippen MR) is 89.1 cm³/mol. The third-order valence-corrected chi connectivity index (χ3v) is 3.59. The fourth-order valence-corrected chi connectivity index (χ4v) is 2.37. The summed E-state index contributed by atoms with van der Waals surface area (Å²) in [6, 6.07) is 17.0. The lowest BCUT2D eigenvalue weighted by atomic mass is 10.2. The minimum absolute atomic E-state index is 0.0358. The Bertz CT molecular complexity index is 615. The van der Waals surface area contributed by atoms with Gasteiger partial charge in [0.25, 0.3) is 5.91 Å². The second kappa shape index (κ2) is 7.85. The van der Waals surface area contributed by atoms with Crippen molar-refractivity contribution in [1.29, 1.82) is 0 Å². The number of hydrogen-bond donors (Lipinski definition) is 0. The average Bonchev–Trinajstić information content (AvgIpc) is 2.53. The zero-order valence-corrected chi connectivity index (χ0v) is 13.6.